The lowest BCUT2D eigenvalue weighted by Crippen LogP contribution is -2.42. The third kappa shape index (κ3) is 5.33. The maximum atomic E-state index is 12.3. The van der Waals surface area contributed by atoms with Gasteiger partial charge in [-0.2, -0.15) is 5.10 Å². The lowest BCUT2D eigenvalue weighted by molar-refractivity contribution is -0.140. The number of rotatable bonds is 7. The molecule has 2 N–H and O–H groups in total. The Hall–Kier alpha value is -1.89. The number of carbonyl (C=O) groups is 2. The van der Waals surface area contributed by atoms with Crippen molar-refractivity contribution < 1.29 is 19.4 Å². The van der Waals surface area contributed by atoms with Crippen molar-refractivity contribution in [3.05, 3.63) is 18.0 Å². The molecule has 24 heavy (non-hydrogen) atoms. The predicted molar refractivity (Wildman–Crippen MR) is 88.9 cm³/mol. The van der Waals surface area contributed by atoms with E-state index in [2.05, 4.69) is 10.4 Å². The van der Waals surface area contributed by atoms with E-state index in [1.807, 2.05) is 25.5 Å². The van der Waals surface area contributed by atoms with Gasteiger partial charge in [0.05, 0.1) is 11.6 Å². The number of aliphatic carboxylic acids is 1. The van der Waals surface area contributed by atoms with Crippen molar-refractivity contribution >= 4 is 11.9 Å². The smallest absolute Gasteiger partial charge is 0.326 e. The fourth-order valence-electron chi connectivity index (χ4n) is 2.80. The SMILES string of the molecule is CC(C)(C)OCCC(NC(=O)c1ccn(C2CCCC2)n1)C(=O)O. The van der Waals surface area contributed by atoms with Crippen LogP contribution in [0.3, 0.4) is 0 Å². The van der Waals surface area contributed by atoms with Crippen molar-refractivity contribution in [1.82, 2.24) is 15.1 Å². The summed E-state index contributed by atoms with van der Waals surface area (Å²) in [6.45, 7) is 5.96. The highest BCUT2D eigenvalue weighted by atomic mass is 16.5. The number of carbonyl (C=O) groups excluding carboxylic acids is 1. The molecule has 1 atom stereocenters. The van der Waals surface area contributed by atoms with E-state index in [-0.39, 0.29) is 24.3 Å². The van der Waals surface area contributed by atoms with Crippen LogP contribution in [-0.4, -0.2) is 45.0 Å². The van der Waals surface area contributed by atoms with Crippen LogP contribution >= 0.6 is 0 Å². The Morgan fingerprint density at radius 1 is 1.42 bits per heavy atom. The molecule has 2 rings (SSSR count). The number of hydrogen-bond donors (Lipinski definition) is 2. The molecule has 1 aliphatic rings. The second kappa shape index (κ2) is 7.79. The van der Waals surface area contributed by atoms with Crippen molar-refractivity contribution in [1.29, 1.82) is 0 Å². The van der Waals surface area contributed by atoms with Gasteiger partial charge in [0.15, 0.2) is 0 Å². The van der Waals surface area contributed by atoms with Crippen LogP contribution in [0.5, 0.6) is 0 Å². The Morgan fingerprint density at radius 2 is 2.08 bits per heavy atom. The summed E-state index contributed by atoms with van der Waals surface area (Å²) < 4.78 is 7.35. The molecule has 0 spiro atoms. The second-order valence-electron chi connectivity index (χ2n) is 7.23. The molecule has 0 saturated heterocycles. The van der Waals surface area contributed by atoms with Crippen LogP contribution in [0.4, 0.5) is 0 Å². The molecular formula is C17H27N3O4. The highest BCUT2D eigenvalue weighted by molar-refractivity contribution is 5.94. The van der Waals surface area contributed by atoms with Gasteiger partial charge in [0.2, 0.25) is 0 Å². The molecule has 0 bridgehead atoms. The number of carboxylic acid groups (broad SMARTS) is 1. The van der Waals surface area contributed by atoms with Crippen LogP contribution < -0.4 is 5.32 Å². The molecule has 1 unspecified atom stereocenters. The standard InChI is InChI=1S/C17H27N3O4/c1-17(2,3)24-11-9-14(16(22)23)18-15(21)13-8-10-20(19-13)12-6-4-5-7-12/h8,10,12,14H,4-7,9,11H2,1-3H3,(H,18,21)(H,22,23). The molecule has 1 fully saturated rings. The van der Waals surface area contributed by atoms with Gasteiger partial charge < -0.3 is 15.2 Å². The molecule has 1 aliphatic carbocycles. The van der Waals surface area contributed by atoms with Crippen LogP contribution in [0.15, 0.2) is 12.3 Å². The van der Waals surface area contributed by atoms with E-state index < -0.39 is 17.9 Å². The van der Waals surface area contributed by atoms with Crippen molar-refractivity contribution in [3.63, 3.8) is 0 Å². The van der Waals surface area contributed by atoms with Crippen LogP contribution in [0.1, 0.15) is 69.4 Å². The van der Waals surface area contributed by atoms with Gasteiger partial charge in [-0.15, -0.1) is 0 Å². The minimum atomic E-state index is -1.07. The molecule has 1 saturated carbocycles. The summed E-state index contributed by atoms with van der Waals surface area (Å²) in [7, 11) is 0. The fraction of sp³-hybridized carbons (Fsp3) is 0.706. The summed E-state index contributed by atoms with van der Waals surface area (Å²) in [5, 5.41) is 16.1. The summed E-state index contributed by atoms with van der Waals surface area (Å²) in [5.74, 6) is -1.54. The Kier molecular flexibility index (Phi) is 5.99. The normalized spacial score (nSPS) is 17.0. The molecule has 0 aliphatic heterocycles. The average molecular weight is 337 g/mol. The fourth-order valence-corrected chi connectivity index (χ4v) is 2.80. The first-order chi connectivity index (χ1) is 11.3. The quantitative estimate of drug-likeness (QED) is 0.797. The summed E-state index contributed by atoms with van der Waals surface area (Å²) in [5.41, 5.74) is -0.0856. The van der Waals surface area contributed by atoms with Crippen molar-refractivity contribution in [2.45, 2.75) is 70.6 Å². The summed E-state index contributed by atoms with van der Waals surface area (Å²) in [4.78, 5) is 23.6. The molecule has 1 heterocycles. The third-order valence-electron chi connectivity index (χ3n) is 4.08. The summed E-state index contributed by atoms with van der Waals surface area (Å²) in [6.07, 6.45) is 6.52. The first kappa shape index (κ1) is 18.4. The maximum Gasteiger partial charge on any atom is 0.326 e. The summed E-state index contributed by atoms with van der Waals surface area (Å²) >= 11 is 0. The van der Waals surface area contributed by atoms with E-state index in [1.165, 1.54) is 12.8 Å². The van der Waals surface area contributed by atoms with Gasteiger partial charge in [0.25, 0.3) is 5.91 Å². The van der Waals surface area contributed by atoms with E-state index in [1.54, 1.807) is 12.3 Å². The van der Waals surface area contributed by atoms with Gasteiger partial charge >= 0.3 is 5.97 Å². The van der Waals surface area contributed by atoms with Crippen LogP contribution in [-0.2, 0) is 9.53 Å². The lowest BCUT2D eigenvalue weighted by atomic mass is 10.1. The van der Waals surface area contributed by atoms with Gasteiger partial charge in [0, 0.05) is 19.2 Å². The zero-order chi connectivity index (χ0) is 17.7. The number of nitrogens with zero attached hydrogens (tertiary/aromatic N) is 2. The zero-order valence-electron chi connectivity index (χ0n) is 14.6. The molecule has 1 aromatic heterocycles. The van der Waals surface area contributed by atoms with Crippen LogP contribution in [0.2, 0.25) is 0 Å². The molecule has 0 radical (unpaired) electrons. The van der Waals surface area contributed by atoms with Crippen molar-refractivity contribution in [2.24, 2.45) is 0 Å². The number of nitrogens with one attached hydrogen (secondary N) is 1. The third-order valence-corrected chi connectivity index (χ3v) is 4.08. The second-order valence-corrected chi connectivity index (χ2v) is 7.23. The zero-order valence-corrected chi connectivity index (χ0v) is 14.6. The van der Waals surface area contributed by atoms with E-state index in [0.29, 0.717) is 6.04 Å². The average Bonchev–Trinajstić information content (AvgIpc) is 3.15. The van der Waals surface area contributed by atoms with Crippen molar-refractivity contribution in [2.75, 3.05) is 6.61 Å². The van der Waals surface area contributed by atoms with E-state index in [0.717, 1.165) is 12.8 Å². The molecule has 7 nitrogen and oxygen atoms in total. The van der Waals surface area contributed by atoms with Gasteiger partial charge in [-0.25, -0.2) is 4.79 Å². The van der Waals surface area contributed by atoms with Crippen LogP contribution in [0, 0.1) is 0 Å². The molecular weight excluding hydrogens is 310 g/mol. The first-order valence-electron chi connectivity index (χ1n) is 8.49. The Bertz CT molecular complexity index is 571. The van der Waals surface area contributed by atoms with E-state index in [9.17, 15) is 14.7 Å². The maximum absolute atomic E-state index is 12.3. The Labute approximate surface area is 142 Å². The van der Waals surface area contributed by atoms with Gasteiger partial charge in [0.1, 0.15) is 11.7 Å². The van der Waals surface area contributed by atoms with E-state index in [4.69, 9.17) is 4.74 Å². The molecule has 1 amide bonds. The molecule has 1 aromatic rings. The number of amides is 1. The van der Waals surface area contributed by atoms with Gasteiger partial charge in [-0.05, 0) is 39.7 Å². The number of carboxylic acids is 1. The minimum Gasteiger partial charge on any atom is -0.480 e. The van der Waals surface area contributed by atoms with Gasteiger partial charge in [-0.1, -0.05) is 12.8 Å². The predicted octanol–water partition coefficient (Wildman–Crippen LogP) is 2.39. The van der Waals surface area contributed by atoms with Crippen molar-refractivity contribution in [3.8, 4) is 0 Å². The minimum absolute atomic E-state index is 0.210. The topological polar surface area (TPSA) is 93.5 Å². The molecule has 0 aromatic carbocycles. The summed E-state index contributed by atoms with van der Waals surface area (Å²) in [6, 6.07) is 0.997. The number of aromatic nitrogens is 2. The van der Waals surface area contributed by atoms with Gasteiger partial charge in [-0.3, -0.25) is 9.48 Å². The first-order valence-corrected chi connectivity index (χ1v) is 8.49. The monoisotopic (exact) mass is 337 g/mol. The molecule has 134 valence electrons. The number of ether oxygens (including phenoxy) is 1. The number of hydrogen-bond acceptors (Lipinski definition) is 4. The highest BCUT2D eigenvalue weighted by Gasteiger charge is 2.24. The van der Waals surface area contributed by atoms with E-state index >= 15 is 0 Å². The largest absolute Gasteiger partial charge is 0.480 e. The Balaban J connectivity index is 1.91. The highest BCUT2D eigenvalue weighted by Crippen LogP contribution is 2.28. The lowest BCUT2D eigenvalue weighted by Gasteiger charge is -2.21. The van der Waals surface area contributed by atoms with Crippen LogP contribution in [0.25, 0.3) is 0 Å². The molecule has 7 heteroatoms. The Morgan fingerprint density at radius 3 is 2.67 bits per heavy atom.